The quantitative estimate of drug-likeness (QED) is 0.369. The van der Waals surface area contributed by atoms with Crippen molar-refractivity contribution in [3.63, 3.8) is 0 Å². The lowest BCUT2D eigenvalue weighted by molar-refractivity contribution is -0.272. The van der Waals surface area contributed by atoms with Crippen molar-refractivity contribution in [1.82, 2.24) is 4.98 Å². The highest BCUT2D eigenvalue weighted by molar-refractivity contribution is 5.82. The van der Waals surface area contributed by atoms with Gasteiger partial charge >= 0.3 is 6.18 Å². The van der Waals surface area contributed by atoms with E-state index in [9.17, 15) is 18.3 Å². The van der Waals surface area contributed by atoms with E-state index in [1.54, 1.807) is 6.07 Å². The van der Waals surface area contributed by atoms with Crippen molar-refractivity contribution in [3.05, 3.63) is 76.5 Å². The first-order chi connectivity index (χ1) is 15.1. The summed E-state index contributed by atoms with van der Waals surface area (Å²) in [5.41, 5.74) is 1.85. The Morgan fingerprint density at radius 1 is 0.969 bits per heavy atom. The van der Waals surface area contributed by atoms with E-state index in [1.165, 1.54) is 0 Å². The first-order valence-electron chi connectivity index (χ1n) is 11.3. The van der Waals surface area contributed by atoms with Gasteiger partial charge in [0.2, 0.25) is 0 Å². The highest BCUT2D eigenvalue weighted by atomic mass is 19.4. The van der Waals surface area contributed by atoms with E-state index >= 15 is 0 Å². The number of hydrogen-bond acceptors (Lipinski definition) is 2. The van der Waals surface area contributed by atoms with E-state index in [2.05, 4.69) is 4.98 Å². The van der Waals surface area contributed by atoms with Crippen LogP contribution in [0.1, 0.15) is 66.5 Å². The molecule has 0 aliphatic heterocycles. The summed E-state index contributed by atoms with van der Waals surface area (Å²) >= 11 is 0. The molecule has 0 bridgehead atoms. The molecule has 2 atom stereocenters. The van der Waals surface area contributed by atoms with E-state index in [1.807, 2.05) is 70.2 Å². The molecule has 0 aliphatic carbocycles. The maximum atomic E-state index is 14.5. The number of fused-ring (bicyclic) bond motifs is 1. The van der Waals surface area contributed by atoms with E-state index in [-0.39, 0.29) is 12.8 Å². The lowest BCUT2D eigenvalue weighted by atomic mass is 9.73. The number of aromatic nitrogens is 1. The molecular formula is C27H32F3NO. The fourth-order valence-electron chi connectivity index (χ4n) is 4.63. The van der Waals surface area contributed by atoms with E-state index in [0.717, 1.165) is 39.7 Å². The van der Waals surface area contributed by atoms with Gasteiger partial charge in [-0.2, -0.15) is 13.2 Å². The second-order valence-electron chi connectivity index (χ2n) is 8.93. The number of unbranched alkanes of at least 4 members (excludes halogenated alkanes) is 2. The molecule has 0 saturated heterocycles. The number of aliphatic hydroxyl groups is 1. The Morgan fingerprint density at radius 3 is 2.38 bits per heavy atom. The fraction of sp³-hybridized carbons (Fsp3) is 0.444. The van der Waals surface area contributed by atoms with Gasteiger partial charge in [-0.25, -0.2) is 0 Å². The summed E-state index contributed by atoms with van der Waals surface area (Å²) in [6, 6.07) is 14.8. The molecule has 2 nitrogen and oxygen atoms in total. The van der Waals surface area contributed by atoms with Gasteiger partial charge in [-0.05, 0) is 62.4 Å². The van der Waals surface area contributed by atoms with Gasteiger partial charge in [0.05, 0.1) is 5.52 Å². The van der Waals surface area contributed by atoms with Crippen LogP contribution in [0.3, 0.4) is 0 Å². The largest absolute Gasteiger partial charge is 0.417 e. The second-order valence-corrected chi connectivity index (χ2v) is 8.93. The third-order valence-electron chi connectivity index (χ3n) is 6.41. The van der Waals surface area contributed by atoms with Crippen molar-refractivity contribution < 1.29 is 18.3 Å². The topological polar surface area (TPSA) is 33.1 Å². The maximum Gasteiger partial charge on any atom is 0.417 e. The molecule has 0 aliphatic rings. The molecule has 2 aromatic carbocycles. The minimum absolute atomic E-state index is 0.0775. The summed E-state index contributed by atoms with van der Waals surface area (Å²) in [7, 11) is 0. The highest BCUT2D eigenvalue weighted by Gasteiger charge is 2.58. The summed E-state index contributed by atoms with van der Waals surface area (Å²) in [5.74, 6) is -1.12. The maximum absolute atomic E-state index is 14.5. The summed E-state index contributed by atoms with van der Waals surface area (Å²) < 4.78 is 43.5. The molecule has 5 heteroatoms. The van der Waals surface area contributed by atoms with Crippen LogP contribution in [-0.4, -0.2) is 21.9 Å². The lowest BCUT2D eigenvalue weighted by Crippen LogP contribution is -2.51. The van der Waals surface area contributed by atoms with Gasteiger partial charge < -0.3 is 5.11 Å². The van der Waals surface area contributed by atoms with Gasteiger partial charge in [0, 0.05) is 17.0 Å². The van der Waals surface area contributed by atoms with Crippen LogP contribution in [0.25, 0.3) is 10.9 Å². The van der Waals surface area contributed by atoms with Crippen LogP contribution in [0, 0.1) is 20.8 Å². The zero-order valence-electron chi connectivity index (χ0n) is 19.3. The Kier molecular flexibility index (Phi) is 7.29. The number of pyridine rings is 1. The van der Waals surface area contributed by atoms with Crippen molar-refractivity contribution in [2.75, 3.05) is 0 Å². The van der Waals surface area contributed by atoms with E-state index < -0.39 is 17.7 Å². The molecule has 1 heterocycles. The molecule has 0 spiro atoms. The first-order valence-corrected chi connectivity index (χ1v) is 11.3. The fourth-order valence-corrected chi connectivity index (χ4v) is 4.63. The molecule has 0 fully saturated rings. The molecule has 172 valence electrons. The SMILES string of the molecule is CCCCCC(O)(C(Cc1cccc2nc(C)ccc12)c1ccc(C)cc1C)C(F)(F)F. The first kappa shape index (κ1) is 24.2. The zero-order valence-corrected chi connectivity index (χ0v) is 19.3. The standard InChI is InChI=1S/C27H32F3NO/c1-5-6-7-15-26(32,27(28,29)30)24(22-13-11-18(2)16-19(22)3)17-21-9-8-10-25-23(21)14-12-20(4)31-25/h8-14,16,24,32H,5-7,15,17H2,1-4H3. The molecule has 1 N–H and O–H groups in total. The number of nitrogens with zero attached hydrogens (tertiary/aromatic N) is 1. The Labute approximate surface area is 188 Å². The average Bonchev–Trinajstić information content (AvgIpc) is 2.71. The molecule has 3 rings (SSSR count). The van der Waals surface area contributed by atoms with Crippen molar-refractivity contribution in [1.29, 1.82) is 0 Å². The number of halogens is 3. The Balaban J connectivity index is 2.16. The summed E-state index contributed by atoms with van der Waals surface area (Å²) in [6.07, 6.45) is -3.23. The monoisotopic (exact) mass is 443 g/mol. The number of hydrogen-bond donors (Lipinski definition) is 1. The van der Waals surface area contributed by atoms with Crippen molar-refractivity contribution in [3.8, 4) is 0 Å². The minimum Gasteiger partial charge on any atom is -0.380 e. The molecule has 32 heavy (non-hydrogen) atoms. The van der Waals surface area contributed by atoms with Crippen LogP contribution in [0.15, 0.2) is 48.5 Å². The molecule has 0 radical (unpaired) electrons. The van der Waals surface area contributed by atoms with Gasteiger partial charge in [-0.1, -0.05) is 68.1 Å². The lowest BCUT2D eigenvalue weighted by Gasteiger charge is -2.39. The van der Waals surface area contributed by atoms with Gasteiger partial charge in [0.1, 0.15) is 0 Å². The minimum atomic E-state index is -4.75. The number of alkyl halides is 3. The number of rotatable bonds is 8. The van der Waals surface area contributed by atoms with Crippen molar-refractivity contribution in [2.24, 2.45) is 0 Å². The number of aryl methyl sites for hydroxylation is 3. The Morgan fingerprint density at radius 2 is 1.72 bits per heavy atom. The predicted octanol–water partition coefficient (Wildman–Crippen LogP) is 7.36. The molecule has 3 aromatic rings. The van der Waals surface area contributed by atoms with Crippen LogP contribution in [0.2, 0.25) is 0 Å². The molecular weight excluding hydrogens is 411 g/mol. The third kappa shape index (κ3) is 4.98. The third-order valence-corrected chi connectivity index (χ3v) is 6.41. The van der Waals surface area contributed by atoms with Gasteiger partial charge in [-0.3, -0.25) is 4.98 Å². The Hall–Kier alpha value is -2.40. The second kappa shape index (κ2) is 9.62. The summed E-state index contributed by atoms with van der Waals surface area (Å²) in [6.45, 7) is 7.58. The average molecular weight is 444 g/mol. The van der Waals surface area contributed by atoms with Gasteiger partial charge in [0.25, 0.3) is 0 Å². The molecule has 0 saturated carbocycles. The Bertz CT molecular complexity index is 1080. The smallest absolute Gasteiger partial charge is 0.380 e. The van der Waals surface area contributed by atoms with Gasteiger partial charge in [-0.15, -0.1) is 0 Å². The van der Waals surface area contributed by atoms with E-state index in [4.69, 9.17) is 0 Å². The van der Waals surface area contributed by atoms with E-state index in [0.29, 0.717) is 18.4 Å². The van der Waals surface area contributed by atoms with Crippen LogP contribution in [-0.2, 0) is 6.42 Å². The van der Waals surface area contributed by atoms with Crippen LogP contribution < -0.4 is 0 Å². The van der Waals surface area contributed by atoms with Crippen LogP contribution >= 0.6 is 0 Å². The van der Waals surface area contributed by atoms with Crippen molar-refractivity contribution in [2.45, 2.75) is 77.5 Å². The predicted molar refractivity (Wildman–Crippen MR) is 124 cm³/mol. The number of benzene rings is 2. The van der Waals surface area contributed by atoms with Crippen LogP contribution in [0.4, 0.5) is 13.2 Å². The summed E-state index contributed by atoms with van der Waals surface area (Å²) in [4.78, 5) is 4.53. The van der Waals surface area contributed by atoms with Gasteiger partial charge in [0.15, 0.2) is 5.60 Å². The highest BCUT2D eigenvalue weighted by Crippen LogP contribution is 2.47. The molecule has 0 amide bonds. The zero-order chi connectivity index (χ0) is 23.5. The molecule has 2 unspecified atom stereocenters. The van der Waals surface area contributed by atoms with Crippen molar-refractivity contribution >= 4 is 10.9 Å². The summed E-state index contributed by atoms with van der Waals surface area (Å²) in [5, 5.41) is 12.1. The normalized spacial score (nSPS) is 15.0. The van der Waals surface area contributed by atoms with Crippen LogP contribution in [0.5, 0.6) is 0 Å². The molecule has 1 aromatic heterocycles.